The van der Waals surface area contributed by atoms with Gasteiger partial charge in [-0.3, -0.25) is 0 Å². The second-order valence-corrected chi connectivity index (χ2v) is 5.41. The molecular weight excluding hydrogens is 320 g/mol. The molecule has 3 aromatic rings. The molecule has 2 aromatic heterocycles. The molecule has 0 unspecified atom stereocenters. The van der Waals surface area contributed by atoms with Crippen LogP contribution in [0.4, 0.5) is 5.82 Å². The van der Waals surface area contributed by atoms with Crippen molar-refractivity contribution >= 4 is 32.8 Å². The number of rotatable bonds is 4. The van der Waals surface area contributed by atoms with Crippen LogP contribution in [0.2, 0.25) is 0 Å². The lowest BCUT2D eigenvalue weighted by Gasteiger charge is -2.05. The number of pyridine rings is 1. The molecule has 0 saturated heterocycles. The van der Waals surface area contributed by atoms with E-state index in [2.05, 4.69) is 36.2 Å². The third-order valence-electron chi connectivity index (χ3n) is 3.03. The summed E-state index contributed by atoms with van der Waals surface area (Å²) in [7, 11) is 0. The molecule has 0 bridgehead atoms. The molecule has 0 radical (unpaired) electrons. The Labute approximate surface area is 123 Å². The third kappa shape index (κ3) is 2.91. The minimum absolute atomic E-state index is 0.172. The van der Waals surface area contributed by atoms with E-state index in [1.54, 1.807) is 6.20 Å². The average molecular weight is 333 g/mol. The van der Waals surface area contributed by atoms with Crippen LogP contribution < -0.4 is 11.0 Å². The molecule has 1 aromatic carbocycles. The summed E-state index contributed by atoms with van der Waals surface area (Å²) in [5, 5.41) is 3.26. The zero-order chi connectivity index (χ0) is 13.9. The summed E-state index contributed by atoms with van der Waals surface area (Å²) in [6.45, 7) is 0.787. The summed E-state index contributed by atoms with van der Waals surface area (Å²) in [6, 6.07) is 9.80. The Morgan fingerprint density at radius 1 is 1.15 bits per heavy atom. The van der Waals surface area contributed by atoms with E-state index in [4.69, 9.17) is 0 Å². The Balaban J connectivity index is 1.64. The van der Waals surface area contributed by atoms with Crippen molar-refractivity contribution in [2.45, 2.75) is 6.42 Å². The molecule has 0 saturated carbocycles. The van der Waals surface area contributed by atoms with Crippen LogP contribution in [0.25, 0.3) is 11.0 Å². The van der Waals surface area contributed by atoms with Crippen LogP contribution in [0.5, 0.6) is 0 Å². The molecule has 5 nitrogen and oxygen atoms in total. The Kier molecular flexibility index (Phi) is 3.56. The number of nitrogens with zero attached hydrogens (tertiary/aromatic N) is 1. The van der Waals surface area contributed by atoms with E-state index >= 15 is 0 Å². The molecule has 2 heterocycles. The van der Waals surface area contributed by atoms with Gasteiger partial charge < -0.3 is 15.3 Å². The van der Waals surface area contributed by atoms with Gasteiger partial charge in [0, 0.05) is 17.2 Å². The number of hydrogen-bond acceptors (Lipinski definition) is 3. The first-order chi connectivity index (χ1) is 9.70. The fourth-order valence-electron chi connectivity index (χ4n) is 2.05. The maximum absolute atomic E-state index is 11.2. The zero-order valence-electron chi connectivity index (χ0n) is 10.6. The molecule has 0 amide bonds. The highest BCUT2D eigenvalue weighted by atomic mass is 79.9. The summed E-state index contributed by atoms with van der Waals surface area (Å²) in [4.78, 5) is 20.9. The van der Waals surface area contributed by atoms with Gasteiger partial charge in [0.25, 0.3) is 0 Å². The van der Waals surface area contributed by atoms with E-state index in [-0.39, 0.29) is 5.69 Å². The van der Waals surface area contributed by atoms with Crippen LogP contribution in [0.3, 0.4) is 0 Å². The summed E-state index contributed by atoms with van der Waals surface area (Å²) < 4.78 is 0.963. The molecular formula is C14H13BrN4O. The number of benzene rings is 1. The number of imidazole rings is 1. The fraction of sp³-hybridized carbons (Fsp3) is 0.143. The lowest BCUT2D eigenvalue weighted by atomic mass is 10.1. The molecule has 0 aliphatic heterocycles. The SMILES string of the molecule is O=c1[nH]c2ccc(CCNc3ccc(Br)cn3)cc2[nH]1. The van der Waals surface area contributed by atoms with Gasteiger partial charge >= 0.3 is 5.69 Å². The van der Waals surface area contributed by atoms with E-state index in [9.17, 15) is 4.79 Å². The number of fused-ring (bicyclic) bond motifs is 1. The monoisotopic (exact) mass is 332 g/mol. The third-order valence-corrected chi connectivity index (χ3v) is 3.50. The van der Waals surface area contributed by atoms with Gasteiger partial charge in [-0.25, -0.2) is 9.78 Å². The van der Waals surface area contributed by atoms with Crippen LogP contribution in [0, 0.1) is 0 Å². The van der Waals surface area contributed by atoms with Crippen LogP contribution in [0.1, 0.15) is 5.56 Å². The summed E-state index contributed by atoms with van der Waals surface area (Å²) in [6.07, 6.45) is 2.62. The molecule has 3 rings (SSSR count). The number of aromatic amines is 2. The van der Waals surface area contributed by atoms with Gasteiger partial charge in [-0.1, -0.05) is 6.07 Å². The molecule has 0 aliphatic rings. The predicted molar refractivity (Wildman–Crippen MR) is 83.1 cm³/mol. The Morgan fingerprint density at radius 2 is 2.00 bits per heavy atom. The van der Waals surface area contributed by atoms with Crippen LogP contribution in [-0.2, 0) is 6.42 Å². The van der Waals surface area contributed by atoms with E-state index in [1.807, 2.05) is 30.3 Å². The van der Waals surface area contributed by atoms with Crippen LogP contribution in [-0.4, -0.2) is 21.5 Å². The molecule has 20 heavy (non-hydrogen) atoms. The lowest BCUT2D eigenvalue weighted by Crippen LogP contribution is -2.05. The van der Waals surface area contributed by atoms with E-state index < -0.39 is 0 Å². The average Bonchev–Trinajstić information content (AvgIpc) is 2.80. The Hall–Kier alpha value is -2.08. The summed E-state index contributed by atoms with van der Waals surface area (Å²) in [5.74, 6) is 0.851. The lowest BCUT2D eigenvalue weighted by molar-refractivity contribution is 1.01. The van der Waals surface area contributed by atoms with Gasteiger partial charge in [-0.2, -0.15) is 0 Å². The maximum atomic E-state index is 11.2. The van der Waals surface area contributed by atoms with E-state index in [0.717, 1.165) is 39.9 Å². The minimum atomic E-state index is -0.172. The number of H-pyrrole nitrogens is 2. The van der Waals surface area contributed by atoms with Crippen molar-refractivity contribution in [3.8, 4) is 0 Å². The number of aromatic nitrogens is 3. The first-order valence-electron chi connectivity index (χ1n) is 6.27. The largest absolute Gasteiger partial charge is 0.370 e. The highest BCUT2D eigenvalue weighted by molar-refractivity contribution is 9.10. The summed E-state index contributed by atoms with van der Waals surface area (Å²) in [5.41, 5.74) is 2.67. The predicted octanol–water partition coefficient (Wildman–Crippen LogP) is 2.67. The smallest absolute Gasteiger partial charge is 0.323 e. The fourth-order valence-corrected chi connectivity index (χ4v) is 2.29. The van der Waals surface area contributed by atoms with Gasteiger partial charge in [0.1, 0.15) is 5.82 Å². The Morgan fingerprint density at radius 3 is 2.80 bits per heavy atom. The van der Waals surface area contributed by atoms with Crippen molar-refractivity contribution in [2.75, 3.05) is 11.9 Å². The van der Waals surface area contributed by atoms with Crippen molar-refractivity contribution < 1.29 is 0 Å². The second-order valence-electron chi connectivity index (χ2n) is 4.50. The maximum Gasteiger partial charge on any atom is 0.323 e. The first-order valence-corrected chi connectivity index (χ1v) is 7.06. The van der Waals surface area contributed by atoms with Gasteiger partial charge in [0.2, 0.25) is 0 Å². The van der Waals surface area contributed by atoms with Crippen molar-refractivity contribution in [3.63, 3.8) is 0 Å². The van der Waals surface area contributed by atoms with E-state index in [0.29, 0.717) is 0 Å². The topological polar surface area (TPSA) is 73.6 Å². The first kappa shape index (κ1) is 12.9. The minimum Gasteiger partial charge on any atom is -0.370 e. The van der Waals surface area contributed by atoms with Crippen molar-refractivity contribution in [1.82, 2.24) is 15.0 Å². The molecule has 0 spiro atoms. The number of anilines is 1. The number of halogens is 1. The molecule has 0 aliphatic carbocycles. The molecule has 102 valence electrons. The van der Waals surface area contributed by atoms with Gasteiger partial charge in [-0.15, -0.1) is 0 Å². The molecule has 3 N–H and O–H groups in total. The van der Waals surface area contributed by atoms with Crippen molar-refractivity contribution in [1.29, 1.82) is 0 Å². The Bertz CT molecular complexity index is 776. The molecule has 0 fully saturated rings. The molecule has 0 atom stereocenters. The quantitative estimate of drug-likeness (QED) is 0.687. The highest BCUT2D eigenvalue weighted by Gasteiger charge is 2.00. The van der Waals surface area contributed by atoms with Gasteiger partial charge in [0.15, 0.2) is 0 Å². The summed E-state index contributed by atoms with van der Waals surface area (Å²) >= 11 is 3.35. The van der Waals surface area contributed by atoms with Crippen LogP contribution >= 0.6 is 15.9 Å². The number of nitrogens with one attached hydrogen (secondary N) is 3. The highest BCUT2D eigenvalue weighted by Crippen LogP contribution is 2.12. The second kappa shape index (κ2) is 5.50. The number of hydrogen-bond donors (Lipinski definition) is 3. The zero-order valence-corrected chi connectivity index (χ0v) is 12.2. The normalized spacial score (nSPS) is 10.8. The van der Waals surface area contributed by atoms with Gasteiger partial charge in [-0.05, 0) is 52.2 Å². The van der Waals surface area contributed by atoms with E-state index in [1.165, 1.54) is 0 Å². The standard InChI is InChI=1S/C14H13BrN4O/c15-10-2-4-13(17-8-10)16-6-5-9-1-3-11-12(7-9)19-14(20)18-11/h1-4,7-8H,5-6H2,(H,16,17)(H2,18,19,20). The van der Waals surface area contributed by atoms with Crippen LogP contribution in [0.15, 0.2) is 45.8 Å². The van der Waals surface area contributed by atoms with Crippen molar-refractivity contribution in [2.24, 2.45) is 0 Å². The van der Waals surface area contributed by atoms with Crippen molar-refractivity contribution in [3.05, 3.63) is 57.0 Å². The molecule has 6 heteroatoms. The van der Waals surface area contributed by atoms with Gasteiger partial charge in [0.05, 0.1) is 11.0 Å².